The number of aryl methyl sites for hydroxylation is 2. The quantitative estimate of drug-likeness (QED) is 0.568. The highest BCUT2D eigenvalue weighted by atomic mass is 32.1. The van der Waals surface area contributed by atoms with Crippen molar-refractivity contribution in [1.29, 1.82) is 0 Å². The van der Waals surface area contributed by atoms with Crippen LogP contribution in [0.3, 0.4) is 0 Å². The van der Waals surface area contributed by atoms with E-state index in [1.54, 1.807) is 0 Å². The van der Waals surface area contributed by atoms with Gasteiger partial charge in [-0.3, -0.25) is 4.79 Å². The molecule has 1 N–H and O–H groups in total. The number of aromatic nitrogens is 3. The lowest BCUT2D eigenvalue weighted by atomic mass is 10.1. The average Bonchev–Trinajstić information content (AvgIpc) is 3.22. The highest BCUT2D eigenvalue weighted by Gasteiger charge is 2.18. The molecule has 2 aromatic heterocycles. The molecule has 1 amide bonds. The largest absolute Gasteiger partial charge is 0.349 e. The first-order valence-corrected chi connectivity index (χ1v) is 9.68. The fourth-order valence-corrected chi connectivity index (χ4v) is 4.07. The van der Waals surface area contributed by atoms with Crippen molar-refractivity contribution in [3.63, 3.8) is 0 Å². The van der Waals surface area contributed by atoms with E-state index in [1.807, 2.05) is 62.4 Å². The number of nitrogens with zero attached hydrogens (tertiary/aromatic N) is 3. The fraction of sp³-hybridized carbons (Fsp3) is 0.190. The van der Waals surface area contributed by atoms with Crippen LogP contribution in [0, 0.1) is 13.8 Å². The summed E-state index contributed by atoms with van der Waals surface area (Å²) in [7, 11) is 0. The van der Waals surface area contributed by atoms with Gasteiger partial charge in [0.25, 0.3) is 5.91 Å². The summed E-state index contributed by atoms with van der Waals surface area (Å²) in [6.45, 7) is 5.12. The van der Waals surface area contributed by atoms with E-state index >= 15 is 0 Å². The molecule has 0 aliphatic rings. The first kappa shape index (κ1) is 17.4. The fourth-order valence-electron chi connectivity index (χ4n) is 3.21. The summed E-state index contributed by atoms with van der Waals surface area (Å²) in [6, 6.07) is 17.9. The van der Waals surface area contributed by atoms with Crippen molar-refractivity contribution in [2.45, 2.75) is 20.4 Å². The van der Waals surface area contributed by atoms with Gasteiger partial charge in [-0.2, -0.15) is 0 Å². The number of fused-ring (bicyclic) bond motifs is 1. The number of para-hydroxylation sites is 2. The third kappa shape index (κ3) is 3.48. The highest BCUT2D eigenvalue weighted by molar-refractivity contribution is 7.14. The van der Waals surface area contributed by atoms with Crippen molar-refractivity contribution >= 4 is 28.3 Å². The van der Waals surface area contributed by atoms with Crippen LogP contribution in [-0.4, -0.2) is 27.0 Å². The van der Waals surface area contributed by atoms with Gasteiger partial charge in [0, 0.05) is 18.7 Å². The van der Waals surface area contributed by atoms with Crippen molar-refractivity contribution in [1.82, 2.24) is 19.9 Å². The predicted molar refractivity (Wildman–Crippen MR) is 109 cm³/mol. The Morgan fingerprint density at radius 2 is 1.78 bits per heavy atom. The number of carbonyl (C=O) groups is 1. The van der Waals surface area contributed by atoms with Crippen LogP contribution in [0.5, 0.6) is 0 Å². The Hall–Kier alpha value is -2.99. The molecule has 0 fully saturated rings. The van der Waals surface area contributed by atoms with E-state index in [-0.39, 0.29) is 5.91 Å². The molecule has 0 unspecified atom stereocenters. The molecule has 6 heteroatoms. The van der Waals surface area contributed by atoms with E-state index in [0.717, 1.165) is 33.1 Å². The molecule has 0 saturated carbocycles. The topological polar surface area (TPSA) is 59.8 Å². The first-order chi connectivity index (χ1) is 13.1. The molecule has 2 aromatic carbocycles. The summed E-state index contributed by atoms with van der Waals surface area (Å²) >= 11 is 1.43. The van der Waals surface area contributed by atoms with Gasteiger partial charge < -0.3 is 9.88 Å². The van der Waals surface area contributed by atoms with Crippen LogP contribution < -0.4 is 5.32 Å². The monoisotopic (exact) mass is 376 g/mol. The number of amides is 1. The van der Waals surface area contributed by atoms with Crippen molar-refractivity contribution in [2.75, 3.05) is 6.54 Å². The molecule has 0 spiro atoms. The number of rotatable bonds is 5. The van der Waals surface area contributed by atoms with Crippen molar-refractivity contribution in [3.05, 3.63) is 70.3 Å². The minimum Gasteiger partial charge on any atom is -0.349 e. The zero-order valence-electron chi connectivity index (χ0n) is 15.3. The summed E-state index contributed by atoms with van der Waals surface area (Å²) in [5.41, 5.74) is 3.77. The van der Waals surface area contributed by atoms with E-state index in [2.05, 4.69) is 25.9 Å². The van der Waals surface area contributed by atoms with Gasteiger partial charge in [-0.05, 0) is 26.0 Å². The number of imidazole rings is 1. The lowest BCUT2D eigenvalue weighted by molar-refractivity contribution is 0.0957. The van der Waals surface area contributed by atoms with Crippen LogP contribution in [0.15, 0.2) is 54.6 Å². The number of nitrogens with one attached hydrogen (secondary N) is 1. The minimum atomic E-state index is -0.0819. The lowest BCUT2D eigenvalue weighted by Gasteiger charge is -2.09. The molecule has 0 aliphatic carbocycles. The van der Waals surface area contributed by atoms with Gasteiger partial charge in [-0.1, -0.05) is 42.5 Å². The van der Waals surface area contributed by atoms with Crippen LogP contribution >= 0.6 is 11.3 Å². The second kappa shape index (κ2) is 7.32. The summed E-state index contributed by atoms with van der Waals surface area (Å²) in [4.78, 5) is 22.5. The Morgan fingerprint density at radius 3 is 2.59 bits per heavy atom. The lowest BCUT2D eigenvalue weighted by Crippen LogP contribution is -2.27. The third-order valence-electron chi connectivity index (χ3n) is 4.45. The van der Waals surface area contributed by atoms with Crippen molar-refractivity contribution in [2.24, 2.45) is 0 Å². The van der Waals surface area contributed by atoms with E-state index in [4.69, 9.17) is 0 Å². The number of carbonyl (C=O) groups excluding carboxylic acids is 1. The molecular weight excluding hydrogens is 356 g/mol. The summed E-state index contributed by atoms with van der Waals surface area (Å²) in [5.74, 6) is 0.866. The zero-order valence-corrected chi connectivity index (χ0v) is 16.1. The Labute approximate surface area is 161 Å². The molecule has 0 bridgehead atoms. The Morgan fingerprint density at radius 1 is 1.04 bits per heavy atom. The molecule has 0 aliphatic heterocycles. The molecule has 4 rings (SSSR count). The maximum Gasteiger partial charge on any atom is 0.263 e. The molecule has 5 nitrogen and oxygen atoms in total. The van der Waals surface area contributed by atoms with E-state index < -0.39 is 0 Å². The normalized spacial score (nSPS) is 11.0. The standard InChI is InChI=1S/C21H20N4OS/c1-14-23-17-10-6-7-11-18(17)25(14)13-12-22-21(26)20-19(24-15(2)27-20)16-8-4-3-5-9-16/h3-11H,12-13H2,1-2H3,(H,22,26). The van der Waals surface area contributed by atoms with Crippen molar-refractivity contribution < 1.29 is 4.79 Å². The van der Waals surface area contributed by atoms with Gasteiger partial charge in [0.1, 0.15) is 10.7 Å². The third-order valence-corrected chi connectivity index (χ3v) is 5.42. The second-order valence-electron chi connectivity index (χ2n) is 6.33. The molecule has 0 saturated heterocycles. The predicted octanol–water partition coefficient (Wildman–Crippen LogP) is 4.21. The number of hydrogen-bond acceptors (Lipinski definition) is 4. The first-order valence-electron chi connectivity index (χ1n) is 8.86. The highest BCUT2D eigenvalue weighted by Crippen LogP contribution is 2.27. The van der Waals surface area contributed by atoms with Crippen molar-refractivity contribution in [3.8, 4) is 11.3 Å². The van der Waals surface area contributed by atoms with Gasteiger partial charge in [0.2, 0.25) is 0 Å². The molecule has 4 aromatic rings. The van der Waals surface area contributed by atoms with Gasteiger partial charge in [-0.15, -0.1) is 11.3 Å². The number of thiazole rings is 1. The maximum absolute atomic E-state index is 12.8. The summed E-state index contributed by atoms with van der Waals surface area (Å²) < 4.78 is 2.13. The number of hydrogen-bond donors (Lipinski definition) is 1. The van der Waals surface area contributed by atoms with Gasteiger partial charge in [0.15, 0.2) is 0 Å². The minimum absolute atomic E-state index is 0.0819. The van der Waals surface area contributed by atoms with Crippen LogP contribution in [0.4, 0.5) is 0 Å². The van der Waals surface area contributed by atoms with Crippen LogP contribution in [0.2, 0.25) is 0 Å². The zero-order chi connectivity index (χ0) is 18.8. The maximum atomic E-state index is 12.8. The SMILES string of the molecule is Cc1nc(-c2ccccc2)c(C(=O)NCCn2c(C)nc3ccccc32)s1. The molecule has 0 radical (unpaired) electrons. The molecular formula is C21H20N4OS. The van der Waals surface area contributed by atoms with Gasteiger partial charge in [0.05, 0.1) is 21.7 Å². The Balaban J connectivity index is 1.50. The molecule has 0 atom stereocenters. The molecule has 2 heterocycles. The van der Waals surface area contributed by atoms with Gasteiger partial charge >= 0.3 is 0 Å². The Kier molecular flexibility index (Phi) is 4.73. The summed E-state index contributed by atoms with van der Waals surface area (Å²) in [6.07, 6.45) is 0. The Bertz CT molecular complexity index is 1100. The summed E-state index contributed by atoms with van der Waals surface area (Å²) in [5, 5.41) is 3.92. The average molecular weight is 376 g/mol. The van der Waals surface area contributed by atoms with Crippen LogP contribution in [0.25, 0.3) is 22.3 Å². The molecule has 27 heavy (non-hydrogen) atoms. The molecule has 136 valence electrons. The van der Waals surface area contributed by atoms with E-state index in [9.17, 15) is 4.79 Å². The second-order valence-corrected chi connectivity index (χ2v) is 7.54. The van der Waals surface area contributed by atoms with Gasteiger partial charge in [-0.25, -0.2) is 9.97 Å². The van der Waals surface area contributed by atoms with Crippen LogP contribution in [-0.2, 0) is 6.54 Å². The van der Waals surface area contributed by atoms with Crippen LogP contribution in [0.1, 0.15) is 20.5 Å². The van der Waals surface area contributed by atoms with E-state index in [0.29, 0.717) is 18.0 Å². The number of benzene rings is 2. The smallest absolute Gasteiger partial charge is 0.263 e. The van der Waals surface area contributed by atoms with E-state index in [1.165, 1.54) is 11.3 Å².